The minimum absolute atomic E-state index is 0.110. The molecule has 3 N–H and O–H groups in total. The summed E-state index contributed by atoms with van der Waals surface area (Å²) in [6, 6.07) is 12.7. The molecule has 1 saturated carbocycles. The zero-order valence-corrected chi connectivity index (χ0v) is 19.4. The number of rotatable bonds is 10. The van der Waals surface area contributed by atoms with Gasteiger partial charge in [0.1, 0.15) is 12.4 Å². The van der Waals surface area contributed by atoms with Gasteiger partial charge in [-0.1, -0.05) is 43.5 Å². The zero-order chi connectivity index (χ0) is 23.0. The summed E-state index contributed by atoms with van der Waals surface area (Å²) in [6.45, 7) is 4.22. The van der Waals surface area contributed by atoms with Crippen LogP contribution >= 0.6 is 0 Å². The van der Waals surface area contributed by atoms with Crippen LogP contribution in [-0.2, 0) is 22.8 Å². The summed E-state index contributed by atoms with van der Waals surface area (Å²) in [5.41, 5.74) is 10.0. The van der Waals surface area contributed by atoms with Gasteiger partial charge in [0.2, 0.25) is 0 Å². The van der Waals surface area contributed by atoms with E-state index in [0.29, 0.717) is 32.2 Å². The van der Waals surface area contributed by atoms with Crippen LogP contribution in [0.1, 0.15) is 72.3 Å². The fourth-order valence-electron chi connectivity index (χ4n) is 4.76. The third-order valence-corrected chi connectivity index (χ3v) is 6.51. The van der Waals surface area contributed by atoms with E-state index in [0.717, 1.165) is 28.1 Å². The lowest BCUT2D eigenvalue weighted by Crippen LogP contribution is -2.19. The molecule has 2 aromatic rings. The topological polar surface area (TPSA) is 79.8 Å². The standard InChI is InChI=1S/C27H34N2O4/c1-19-15-21(8-9-23(19)22-5-3-2-4-6-22)18-33-29-25-12-14-32-26-16-20(7-10-24(25)26)17-28-13-11-27(30)31/h7-10,12,15-16,22,28-29H,2-6,11,13-14,17-18H2,1H3,(H,30,31). The van der Waals surface area contributed by atoms with E-state index in [1.54, 1.807) is 0 Å². The van der Waals surface area contributed by atoms with Gasteiger partial charge in [-0.15, -0.1) is 0 Å². The molecule has 0 aromatic heterocycles. The largest absolute Gasteiger partial charge is 0.489 e. The van der Waals surface area contributed by atoms with E-state index in [4.69, 9.17) is 14.7 Å². The molecule has 0 spiro atoms. The number of aryl methyl sites for hydroxylation is 1. The van der Waals surface area contributed by atoms with Crippen LogP contribution in [0, 0.1) is 6.92 Å². The molecule has 0 saturated heterocycles. The van der Waals surface area contributed by atoms with Crippen molar-refractivity contribution in [3.05, 3.63) is 70.3 Å². The Hall–Kier alpha value is -2.83. The first-order chi connectivity index (χ1) is 16.1. The van der Waals surface area contributed by atoms with Crippen molar-refractivity contribution >= 4 is 11.7 Å². The third-order valence-electron chi connectivity index (χ3n) is 6.51. The van der Waals surface area contributed by atoms with Crippen molar-refractivity contribution in [1.29, 1.82) is 0 Å². The lowest BCUT2D eigenvalue weighted by Gasteiger charge is -2.24. The van der Waals surface area contributed by atoms with Crippen molar-refractivity contribution in [2.45, 2.75) is 64.5 Å². The highest BCUT2D eigenvalue weighted by Gasteiger charge is 2.18. The zero-order valence-electron chi connectivity index (χ0n) is 19.4. The molecule has 2 aliphatic rings. The van der Waals surface area contributed by atoms with E-state index in [1.165, 1.54) is 43.2 Å². The Morgan fingerprint density at radius 1 is 1.12 bits per heavy atom. The maximum Gasteiger partial charge on any atom is 0.304 e. The monoisotopic (exact) mass is 450 g/mol. The molecule has 6 nitrogen and oxygen atoms in total. The van der Waals surface area contributed by atoms with Gasteiger partial charge in [-0.05, 0) is 66.1 Å². The summed E-state index contributed by atoms with van der Waals surface area (Å²) in [5, 5.41) is 11.9. The maximum absolute atomic E-state index is 10.6. The third kappa shape index (κ3) is 6.36. The summed E-state index contributed by atoms with van der Waals surface area (Å²) in [5.74, 6) is 0.717. The van der Waals surface area contributed by atoms with Gasteiger partial charge in [0, 0.05) is 18.7 Å². The number of aliphatic carboxylic acids is 1. The maximum atomic E-state index is 10.6. The Bertz CT molecular complexity index is 996. The molecule has 0 radical (unpaired) electrons. The number of benzene rings is 2. The molecule has 0 amide bonds. The highest BCUT2D eigenvalue weighted by atomic mass is 16.6. The number of nitrogens with one attached hydrogen (secondary N) is 2. The molecule has 33 heavy (non-hydrogen) atoms. The Morgan fingerprint density at radius 3 is 2.73 bits per heavy atom. The van der Waals surface area contributed by atoms with E-state index < -0.39 is 5.97 Å². The van der Waals surface area contributed by atoms with Crippen molar-refractivity contribution < 1.29 is 19.5 Å². The molecule has 0 atom stereocenters. The average Bonchev–Trinajstić information content (AvgIpc) is 2.82. The predicted molar refractivity (Wildman–Crippen MR) is 129 cm³/mol. The molecule has 4 rings (SSSR count). The second kappa shape index (κ2) is 11.3. The number of ether oxygens (including phenoxy) is 1. The highest BCUT2D eigenvalue weighted by Crippen LogP contribution is 2.34. The minimum atomic E-state index is -0.799. The molecular formula is C27H34N2O4. The van der Waals surface area contributed by atoms with E-state index >= 15 is 0 Å². The minimum Gasteiger partial charge on any atom is -0.489 e. The fourth-order valence-corrected chi connectivity index (χ4v) is 4.76. The Labute approximate surface area is 195 Å². The average molecular weight is 451 g/mol. The van der Waals surface area contributed by atoms with E-state index in [1.807, 2.05) is 24.3 Å². The number of hydrogen-bond acceptors (Lipinski definition) is 5. The van der Waals surface area contributed by atoms with Gasteiger partial charge in [-0.25, -0.2) is 0 Å². The molecular weight excluding hydrogens is 416 g/mol. The van der Waals surface area contributed by atoms with Gasteiger partial charge >= 0.3 is 5.97 Å². The first-order valence-corrected chi connectivity index (χ1v) is 12.0. The normalized spacial score (nSPS) is 16.0. The predicted octanol–water partition coefficient (Wildman–Crippen LogP) is 5.06. The van der Waals surface area contributed by atoms with Crippen molar-refractivity contribution in [3.63, 3.8) is 0 Å². The molecule has 176 valence electrons. The van der Waals surface area contributed by atoms with E-state index in [9.17, 15) is 4.79 Å². The van der Waals surface area contributed by atoms with Gasteiger partial charge in [-0.2, -0.15) is 0 Å². The smallest absolute Gasteiger partial charge is 0.304 e. The summed E-state index contributed by atoms with van der Waals surface area (Å²) in [7, 11) is 0. The molecule has 2 aromatic carbocycles. The van der Waals surface area contributed by atoms with Crippen LogP contribution in [0.2, 0.25) is 0 Å². The molecule has 1 aliphatic carbocycles. The summed E-state index contributed by atoms with van der Waals surface area (Å²) >= 11 is 0. The second-order valence-corrected chi connectivity index (χ2v) is 9.00. The lowest BCUT2D eigenvalue weighted by atomic mass is 9.82. The number of carboxylic acids is 1. The number of hydroxylamine groups is 1. The van der Waals surface area contributed by atoms with Gasteiger partial charge in [0.25, 0.3) is 0 Å². The molecule has 1 heterocycles. The van der Waals surface area contributed by atoms with Crippen LogP contribution in [0.25, 0.3) is 5.70 Å². The number of carboxylic acid groups (broad SMARTS) is 1. The van der Waals surface area contributed by atoms with Gasteiger partial charge in [-0.3, -0.25) is 15.1 Å². The Balaban J connectivity index is 1.30. The highest BCUT2D eigenvalue weighted by molar-refractivity contribution is 5.70. The Morgan fingerprint density at radius 2 is 1.94 bits per heavy atom. The van der Waals surface area contributed by atoms with Crippen molar-refractivity contribution in [2.75, 3.05) is 13.2 Å². The second-order valence-electron chi connectivity index (χ2n) is 9.00. The first-order valence-electron chi connectivity index (χ1n) is 12.0. The first kappa shape index (κ1) is 23.3. The van der Waals surface area contributed by atoms with E-state index in [-0.39, 0.29) is 6.42 Å². The van der Waals surface area contributed by atoms with Crippen LogP contribution in [0.5, 0.6) is 5.75 Å². The molecule has 6 heteroatoms. The van der Waals surface area contributed by atoms with Crippen molar-refractivity contribution in [1.82, 2.24) is 10.8 Å². The SMILES string of the molecule is Cc1cc(CONC2=CCOc3cc(CNCCC(=O)O)ccc32)ccc1C1CCCCC1. The molecule has 0 bridgehead atoms. The summed E-state index contributed by atoms with van der Waals surface area (Å²) < 4.78 is 5.80. The number of carbonyl (C=O) groups is 1. The summed E-state index contributed by atoms with van der Waals surface area (Å²) in [6.07, 6.45) is 8.79. The van der Waals surface area contributed by atoms with Crippen LogP contribution in [0.3, 0.4) is 0 Å². The lowest BCUT2D eigenvalue weighted by molar-refractivity contribution is -0.136. The number of fused-ring (bicyclic) bond motifs is 1. The van der Waals surface area contributed by atoms with Gasteiger partial charge < -0.3 is 15.2 Å². The van der Waals surface area contributed by atoms with Crippen LogP contribution in [0.15, 0.2) is 42.5 Å². The number of hydrogen-bond donors (Lipinski definition) is 3. The molecule has 0 unspecified atom stereocenters. The van der Waals surface area contributed by atoms with Crippen molar-refractivity contribution in [3.8, 4) is 5.75 Å². The fraction of sp³-hybridized carbons (Fsp3) is 0.444. The Kier molecular flexibility index (Phi) is 8.02. The molecule has 1 fully saturated rings. The summed E-state index contributed by atoms with van der Waals surface area (Å²) in [4.78, 5) is 16.5. The van der Waals surface area contributed by atoms with Gasteiger partial charge in [0.05, 0.1) is 18.7 Å². The van der Waals surface area contributed by atoms with Gasteiger partial charge in [0.15, 0.2) is 0 Å². The molecule has 1 aliphatic heterocycles. The van der Waals surface area contributed by atoms with Crippen molar-refractivity contribution in [2.24, 2.45) is 0 Å². The van der Waals surface area contributed by atoms with Crippen LogP contribution < -0.4 is 15.5 Å². The van der Waals surface area contributed by atoms with E-state index in [2.05, 4.69) is 35.9 Å². The van der Waals surface area contributed by atoms with Crippen LogP contribution in [-0.4, -0.2) is 24.2 Å². The quantitative estimate of drug-likeness (QED) is 0.347. The van der Waals surface area contributed by atoms with Crippen LogP contribution in [0.4, 0.5) is 0 Å².